The van der Waals surface area contributed by atoms with E-state index in [1.54, 1.807) is 14.0 Å². The minimum Gasteiger partial charge on any atom is -0.462 e. The molecule has 0 amide bonds. The normalized spacial score (nSPS) is 11.3. The Kier molecular flexibility index (Phi) is 4.98. The van der Waals surface area contributed by atoms with Gasteiger partial charge in [-0.3, -0.25) is 0 Å². The zero-order chi connectivity index (χ0) is 12.0. The molecule has 0 aliphatic carbocycles. The summed E-state index contributed by atoms with van der Waals surface area (Å²) >= 11 is 1.47. The van der Waals surface area contributed by atoms with E-state index in [1.165, 1.54) is 11.3 Å². The van der Waals surface area contributed by atoms with E-state index in [1.807, 2.05) is 18.4 Å². The molecule has 4 nitrogen and oxygen atoms in total. The topological polar surface area (TPSA) is 51.2 Å². The van der Waals surface area contributed by atoms with Crippen molar-refractivity contribution in [2.75, 3.05) is 19.0 Å². The zero-order valence-corrected chi connectivity index (χ0v) is 10.6. The van der Waals surface area contributed by atoms with Gasteiger partial charge in [0.05, 0.1) is 17.9 Å². The number of anilines is 1. The first-order chi connectivity index (χ1) is 7.72. The largest absolute Gasteiger partial charge is 0.462 e. The standard InChI is InChI=1S/C11H16N2O2S/c1-4-6-8(10(14)15-5-2)9-7-16-11(12-3)13-9/h6-7H,4-5H2,1-3H3,(H,12,13)/b8-6-. The lowest BCUT2D eigenvalue weighted by molar-refractivity contribution is -0.136. The lowest BCUT2D eigenvalue weighted by atomic mass is 10.2. The van der Waals surface area contributed by atoms with Crippen molar-refractivity contribution in [1.82, 2.24) is 4.98 Å². The van der Waals surface area contributed by atoms with Crippen molar-refractivity contribution in [2.24, 2.45) is 0 Å². The van der Waals surface area contributed by atoms with Gasteiger partial charge in [-0.25, -0.2) is 9.78 Å². The summed E-state index contributed by atoms with van der Waals surface area (Å²) in [6, 6.07) is 0. The maximum absolute atomic E-state index is 11.7. The molecule has 0 saturated heterocycles. The molecule has 0 spiro atoms. The molecule has 0 saturated carbocycles. The van der Waals surface area contributed by atoms with Crippen LogP contribution < -0.4 is 5.32 Å². The van der Waals surface area contributed by atoms with Crippen LogP contribution in [0.5, 0.6) is 0 Å². The molecule has 0 aliphatic rings. The van der Waals surface area contributed by atoms with Gasteiger partial charge in [-0.05, 0) is 13.3 Å². The Hall–Kier alpha value is -1.36. The molecule has 1 aromatic heterocycles. The van der Waals surface area contributed by atoms with Crippen LogP contribution in [0.1, 0.15) is 26.0 Å². The van der Waals surface area contributed by atoms with Gasteiger partial charge in [0.2, 0.25) is 0 Å². The van der Waals surface area contributed by atoms with E-state index in [-0.39, 0.29) is 5.97 Å². The van der Waals surface area contributed by atoms with Crippen LogP contribution in [0.3, 0.4) is 0 Å². The van der Waals surface area contributed by atoms with Crippen LogP contribution in [0.25, 0.3) is 5.57 Å². The highest BCUT2D eigenvalue weighted by Gasteiger charge is 2.15. The molecule has 0 unspecified atom stereocenters. The monoisotopic (exact) mass is 240 g/mol. The molecule has 0 atom stereocenters. The number of carbonyl (C=O) groups excluding carboxylic acids is 1. The van der Waals surface area contributed by atoms with E-state index < -0.39 is 0 Å². The second-order valence-electron chi connectivity index (χ2n) is 3.03. The lowest BCUT2D eigenvalue weighted by Gasteiger charge is -2.03. The maximum Gasteiger partial charge on any atom is 0.340 e. The van der Waals surface area contributed by atoms with E-state index >= 15 is 0 Å². The maximum atomic E-state index is 11.7. The van der Waals surface area contributed by atoms with E-state index in [0.717, 1.165) is 11.6 Å². The summed E-state index contributed by atoms with van der Waals surface area (Å²) in [5.74, 6) is -0.308. The van der Waals surface area contributed by atoms with Gasteiger partial charge in [0.1, 0.15) is 0 Å². The highest BCUT2D eigenvalue weighted by atomic mass is 32.1. The summed E-state index contributed by atoms with van der Waals surface area (Å²) in [5.41, 5.74) is 1.22. The van der Waals surface area contributed by atoms with E-state index in [9.17, 15) is 4.79 Å². The van der Waals surface area contributed by atoms with Crippen molar-refractivity contribution < 1.29 is 9.53 Å². The number of aromatic nitrogens is 1. The van der Waals surface area contributed by atoms with Crippen LogP contribution in [-0.4, -0.2) is 24.6 Å². The molecular weight excluding hydrogens is 224 g/mol. The molecule has 1 heterocycles. The number of nitrogens with zero attached hydrogens (tertiary/aromatic N) is 1. The zero-order valence-electron chi connectivity index (χ0n) is 9.74. The van der Waals surface area contributed by atoms with Crippen molar-refractivity contribution in [3.63, 3.8) is 0 Å². The molecule has 1 aromatic rings. The Labute approximate surface area is 99.3 Å². The predicted octanol–water partition coefficient (Wildman–Crippen LogP) is 2.54. The number of ether oxygens (including phenoxy) is 1. The minimum atomic E-state index is -0.308. The lowest BCUT2D eigenvalue weighted by Crippen LogP contribution is -2.07. The van der Waals surface area contributed by atoms with E-state index in [2.05, 4.69) is 10.3 Å². The molecule has 0 bridgehead atoms. The second-order valence-corrected chi connectivity index (χ2v) is 3.89. The molecular formula is C11H16N2O2S. The number of rotatable bonds is 5. The summed E-state index contributed by atoms with van der Waals surface area (Å²) in [5, 5.41) is 5.59. The Morgan fingerprint density at radius 1 is 1.62 bits per heavy atom. The van der Waals surface area contributed by atoms with Gasteiger partial charge >= 0.3 is 5.97 Å². The fourth-order valence-corrected chi connectivity index (χ4v) is 1.89. The van der Waals surface area contributed by atoms with Gasteiger partial charge in [0.15, 0.2) is 5.13 Å². The average Bonchev–Trinajstić information content (AvgIpc) is 2.74. The molecule has 1 N–H and O–H groups in total. The Balaban J connectivity index is 2.94. The average molecular weight is 240 g/mol. The van der Waals surface area contributed by atoms with Gasteiger partial charge in [0.25, 0.3) is 0 Å². The van der Waals surface area contributed by atoms with Crippen LogP contribution >= 0.6 is 11.3 Å². The van der Waals surface area contributed by atoms with Crippen molar-refractivity contribution in [2.45, 2.75) is 20.3 Å². The van der Waals surface area contributed by atoms with Gasteiger partial charge in [-0.15, -0.1) is 11.3 Å². The first-order valence-electron chi connectivity index (χ1n) is 5.23. The van der Waals surface area contributed by atoms with E-state index in [4.69, 9.17) is 4.74 Å². The number of esters is 1. The predicted molar refractivity (Wildman–Crippen MR) is 66.6 cm³/mol. The van der Waals surface area contributed by atoms with Gasteiger partial charge in [-0.1, -0.05) is 13.0 Å². The molecule has 0 aliphatic heterocycles. The Morgan fingerprint density at radius 2 is 2.38 bits per heavy atom. The van der Waals surface area contributed by atoms with Gasteiger partial charge < -0.3 is 10.1 Å². The Bertz CT molecular complexity index is 385. The third-order valence-corrected chi connectivity index (χ3v) is 2.76. The second kappa shape index (κ2) is 6.27. The number of carbonyl (C=O) groups is 1. The van der Waals surface area contributed by atoms with Crippen LogP contribution in [-0.2, 0) is 9.53 Å². The minimum absolute atomic E-state index is 0.308. The molecule has 0 aromatic carbocycles. The van der Waals surface area contributed by atoms with E-state index in [0.29, 0.717) is 17.9 Å². The van der Waals surface area contributed by atoms with Crippen molar-refractivity contribution in [3.05, 3.63) is 17.2 Å². The first-order valence-corrected chi connectivity index (χ1v) is 6.11. The van der Waals surface area contributed by atoms with Crippen LogP contribution in [0, 0.1) is 0 Å². The first kappa shape index (κ1) is 12.7. The number of hydrogen-bond acceptors (Lipinski definition) is 5. The number of thiazole rings is 1. The summed E-state index contributed by atoms with van der Waals surface area (Å²) in [6.45, 7) is 4.15. The highest BCUT2D eigenvalue weighted by molar-refractivity contribution is 7.13. The van der Waals surface area contributed by atoms with Gasteiger partial charge in [0, 0.05) is 12.4 Å². The number of hydrogen-bond donors (Lipinski definition) is 1. The summed E-state index contributed by atoms with van der Waals surface area (Å²) in [4.78, 5) is 16.0. The molecule has 16 heavy (non-hydrogen) atoms. The molecule has 88 valence electrons. The smallest absolute Gasteiger partial charge is 0.340 e. The summed E-state index contributed by atoms with van der Waals surface area (Å²) in [7, 11) is 1.80. The number of nitrogens with one attached hydrogen (secondary N) is 1. The SMILES string of the molecule is CC/C=C(\C(=O)OCC)c1csc(NC)n1. The van der Waals surface area contributed by atoms with Crippen molar-refractivity contribution in [3.8, 4) is 0 Å². The van der Waals surface area contributed by atoms with Crippen molar-refractivity contribution >= 4 is 28.0 Å². The van der Waals surface area contributed by atoms with Gasteiger partial charge in [-0.2, -0.15) is 0 Å². The third-order valence-electron chi connectivity index (χ3n) is 1.90. The summed E-state index contributed by atoms with van der Waals surface area (Å²) in [6.07, 6.45) is 2.62. The Morgan fingerprint density at radius 3 is 2.88 bits per heavy atom. The molecule has 0 radical (unpaired) electrons. The van der Waals surface area contributed by atoms with Crippen LogP contribution in [0.2, 0.25) is 0 Å². The molecule has 1 rings (SSSR count). The highest BCUT2D eigenvalue weighted by Crippen LogP contribution is 2.22. The van der Waals surface area contributed by atoms with Crippen LogP contribution in [0.15, 0.2) is 11.5 Å². The fraction of sp³-hybridized carbons (Fsp3) is 0.455. The van der Waals surface area contributed by atoms with Crippen LogP contribution in [0.4, 0.5) is 5.13 Å². The third kappa shape index (κ3) is 3.06. The molecule has 0 fully saturated rings. The number of allylic oxidation sites excluding steroid dienone is 1. The quantitative estimate of drug-likeness (QED) is 0.634. The summed E-state index contributed by atoms with van der Waals surface area (Å²) < 4.78 is 4.99. The molecule has 5 heteroatoms. The fourth-order valence-electron chi connectivity index (χ4n) is 1.22. The van der Waals surface area contributed by atoms with Crippen molar-refractivity contribution in [1.29, 1.82) is 0 Å².